The average Bonchev–Trinajstić information content (AvgIpc) is 3.02. The van der Waals surface area contributed by atoms with Crippen molar-refractivity contribution in [2.24, 2.45) is 0 Å². The van der Waals surface area contributed by atoms with Crippen LogP contribution in [-0.4, -0.2) is 75.4 Å². The summed E-state index contributed by atoms with van der Waals surface area (Å²) in [6.45, 7) is 16.5. The highest BCUT2D eigenvalue weighted by Gasteiger charge is 2.61. The zero-order chi connectivity index (χ0) is 37.4. The van der Waals surface area contributed by atoms with Crippen LogP contribution in [-0.2, 0) is 55.0 Å². The molecule has 0 aliphatic carbocycles. The van der Waals surface area contributed by atoms with Gasteiger partial charge >= 0.3 is 24.1 Å². The molecule has 11 nitrogen and oxygen atoms in total. The van der Waals surface area contributed by atoms with Gasteiger partial charge in [-0.3, -0.25) is 14.4 Å². The molecule has 12 heteroatoms. The normalized spacial score (nSPS) is 22.0. The third-order valence-corrected chi connectivity index (χ3v) is 15.5. The Labute approximate surface area is 295 Å². The lowest BCUT2D eigenvalue weighted by molar-refractivity contribution is -0.367. The molecule has 2 aromatic rings. The molecular weight excluding hydrogens is 660 g/mol. The molecule has 0 aromatic heterocycles. The van der Waals surface area contributed by atoms with Gasteiger partial charge in [-0.15, -0.1) is 5.54 Å². The van der Waals surface area contributed by atoms with Crippen LogP contribution in [0.25, 0.3) is 0 Å². The van der Waals surface area contributed by atoms with Crippen molar-refractivity contribution in [2.45, 2.75) is 116 Å². The highest BCUT2D eigenvalue weighted by molar-refractivity contribution is 6.90. The second-order valence-electron chi connectivity index (χ2n) is 13.5. The summed E-state index contributed by atoms with van der Waals surface area (Å²) in [6, 6.07) is 15.3. The first-order chi connectivity index (χ1) is 23.5. The van der Waals surface area contributed by atoms with E-state index in [4.69, 9.17) is 28.4 Å². The summed E-state index contributed by atoms with van der Waals surface area (Å²) in [5.41, 5.74) is 8.54. The number of hydrogen-bond donors (Lipinski definition) is 1. The van der Waals surface area contributed by atoms with Gasteiger partial charge in [-0.1, -0.05) is 77.8 Å². The van der Waals surface area contributed by atoms with Gasteiger partial charge in [-0.05, 0) is 52.4 Å². The largest absolute Gasteiger partial charge is 0.505 e. The van der Waals surface area contributed by atoms with Gasteiger partial charge in [0, 0.05) is 39.0 Å². The monoisotopic (exact) mass is 710 g/mol. The molecule has 1 unspecified atom stereocenters. The molecule has 0 saturated carbocycles. The molecule has 1 saturated heterocycles. The van der Waals surface area contributed by atoms with Gasteiger partial charge < -0.3 is 33.5 Å². The van der Waals surface area contributed by atoms with Gasteiger partial charge in [0.2, 0.25) is 11.9 Å². The average molecular weight is 711 g/mol. The molecule has 3 rings (SSSR count). The maximum Gasteiger partial charge on any atom is 0.505 e. The first kappa shape index (κ1) is 40.2. The molecule has 0 spiro atoms. The lowest BCUT2D eigenvalue weighted by Gasteiger charge is -2.50. The standard InChI is InChI=1S/C38H50O11Si/c1-23(2)50(24(3)4,25(5)6)19-18-29-14-16-30(17-15-29)20-31-12-11-13-32(21-31)38(44-10)36(48-28(9)41)35(47-27(8)40)34(46-26(7)39)33(49-38)22-45-37(42)43/h11-17,21,23-25,33-36H,20,22H2,1-10H3,(H,42,43)/t33-,34-,35+,36-,38?/m1/s1. The van der Waals surface area contributed by atoms with Crippen LogP contribution in [0, 0.1) is 11.5 Å². The van der Waals surface area contributed by atoms with Crippen molar-refractivity contribution in [3.8, 4) is 11.5 Å². The van der Waals surface area contributed by atoms with Crippen LogP contribution in [0.5, 0.6) is 0 Å². The minimum Gasteiger partial charge on any atom is -0.455 e. The van der Waals surface area contributed by atoms with Crippen LogP contribution in [0.1, 0.15) is 84.6 Å². The molecule has 272 valence electrons. The zero-order valence-corrected chi connectivity index (χ0v) is 31.6. The molecule has 0 amide bonds. The molecule has 1 fully saturated rings. The lowest BCUT2D eigenvalue weighted by atomic mass is 9.86. The number of benzene rings is 2. The fourth-order valence-corrected chi connectivity index (χ4v) is 12.4. The third-order valence-electron chi connectivity index (χ3n) is 9.24. The molecule has 50 heavy (non-hydrogen) atoms. The van der Waals surface area contributed by atoms with Crippen LogP contribution in [0.15, 0.2) is 48.5 Å². The highest BCUT2D eigenvalue weighted by Crippen LogP contribution is 2.44. The third kappa shape index (κ3) is 9.32. The maximum atomic E-state index is 12.4. The lowest BCUT2D eigenvalue weighted by Crippen LogP contribution is -2.67. The number of methoxy groups -OCH3 is 1. The van der Waals surface area contributed by atoms with E-state index < -0.39 is 68.9 Å². The quantitative estimate of drug-likeness (QED) is 0.111. The minimum absolute atomic E-state index is 0.377. The highest BCUT2D eigenvalue weighted by atomic mass is 28.3. The van der Waals surface area contributed by atoms with Gasteiger partial charge in [-0.2, -0.15) is 0 Å². The number of hydrogen-bond acceptors (Lipinski definition) is 10. The van der Waals surface area contributed by atoms with Gasteiger partial charge in [0.15, 0.2) is 12.2 Å². The van der Waals surface area contributed by atoms with Crippen LogP contribution in [0.3, 0.4) is 0 Å². The van der Waals surface area contributed by atoms with Crippen LogP contribution in [0.4, 0.5) is 4.79 Å². The summed E-state index contributed by atoms with van der Waals surface area (Å²) < 4.78 is 33.8. The van der Waals surface area contributed by atoms with E-state index >= 15 is 0 Å². The molecule has 1 aliphatic rings. The van der Waals surface area contributed by atoms with E-state index in [9.17, 15) is 24.3 Å². The Balaban J connectivity index is 2.05. The number of rotatable bonds is 12. The Kier molecular flexibility index (Phi) is 13.8. The summed E-state index contributed by atoms with van der Waals surface area (Å²) in [6.07, 6.45) is -6.78. The molecule has 0 radical (unpaired) electrons. The first-order valence-corrected chi connectivity index (χ1v) is 19.0. The summed E-state index contributed by atoms with van der Waals surface area (Å²) in [4.78, 5) is 48.3. The van der Waals surface area contributed by atoms with Gasteiger partial charge in [0.1, 0.15) is 20.8 Å². The summed E-state index contributed by atoms with van der Waals surface area (Å²) in [7, 11) is -0.573. The van der Waals surface area contributed by atoms with Gasteiger partial charge in [-0.25, -0.2) is 4.79 Å². The molecule has 1 N–H and O–H groups in total. The predicted octanol–water partition coefficient (Wildman–Crippen LogP) is 6.53. The van der Waals surface area contributed by atoms with Crippen LogP contribution >= 0.6 is 0 Å². The zero-order valence-electron chi connectivity index (χ0n) is 30.6. The molecule has 1 aliphatic heterocycles. The van der Waals surface area contributed by atoms with Crippen molar-refractivity contribution in [2.75, 3.05) is 13.7 Å². The Hall–Kier alpha value is -4.18. The Morgan fingerprint density at radius 1 is 0.820 bits per heavy atom. The number of carboxylic acid groups (broad SMARTS) is 1. The second kappa shape index (κ2) is 17.2. The van der Waals surface area contributed by atoms with Crippen molar-refractivity contribution in [3.05, 3.63) is 70.8 Å². The Morgan fingerprint density at radius 3 is 1.88 bits per heavy atom. The molecule has 0 bridgehead atoms. The minimum atomic E-state index is -1.94. The summed E-state index contributed by atoms with van der Waals surface area (Å²) in [5.74, 6) is -0.765. The smallest absolute Gasteiger partial charge is 0.455 e. The summed E-state index contributed by atoms with van der Waals surface area (Å²) >= 11 is 0. The number of ether oxygens (including phenoxy) is 6. The van der Waals surface area contributed by atoms with E-state index in [1.807, 2.05) is 30.3 Å². The van der Waals surface area contributed by atoms with Crippen molar-refractivity contribution >= 4 is 32.1 Å². The van der Waals surface area contributed by atoms with Crippen LogP contribution < -0.4 is 0 Å². The molecule has 5 atom stereocenters. The number of esters is 3. The number of carbonyl (C=O) groups excluding carboxylic acids is 3. The molecule has 1 heterocycles. The molecule has 2 aromatic carbocycles. The fourth-order valence-electron chi connectivity index (χ4n) is 7.19. The van der Waals surface area contributed by atoms with Crippen molar-refractivity contribution in [1.82, 2.24) is 0 Å². The van der Waals surface area contributed by atoms with Gasteiger partial charge in [0.25, 0.3) is 0 Å². The van der Waals surface area contributed by atoms with Crippen LogP contribution in [0.2, 0.25) is 16.6 Å². The van der Waals surface area contributed by atoms with Crippen molar-refractivity contribution < 1.29 is 52.7 Å². The van der Waals surface area contributed by atoms with E-state index in [0.29, 0.717) is 28.6 Å². The predicted molar refractivity (Wildman–Crippen MR) is 188 cm³/mol. The van der Waals surface area contributed by atoms with E-state index in [0.717, 1.165) is 37.5 Å². The maximum absolute atomic E-state index is 12.4. The topological polar surface area (TPSA) is 144 Å². The van der Waals surface area contributed by atoms with Gasteiger partial charge in [0.05, 0.1) is 0 Å². The van der Waals surface area contributed by atoms with E-state index in [1.165, 1.54) is 7.11 Å². The second-order valence-corrected chi connectivity index (χ2v) is 19.1. The van der Waals surface area contributed by atoms with E-state index in [1.54, 1.807) is 18.2 Å². The molecular formula is C38H50O11Si. The van der Waals surface area contributed by atoms with E-state index in [-0.39, 0.29) is 0 Å². The Morgan fingerprint density at radius 2 is 1.38 bits per heavy atom. The van der Waals surface area contributed by atoms with E-state index in [2.05, 4.69) is 53.0 Å². The number of carbonyl (C=O) groups is 4. The first-order valence-electron chi connectivity index (χ1n) is 16.8. The summed E-state index contributed by atoms with van der Waals surface area (Å²) in [5, 5.41) is 9.25. The van der Waals surface area contributed by atoms with Crippen molar-refractivity contribution in [3.63, 3.8) is 0 Å². The fraction of sp³-hybridized carbons (Fsp3) is 0.526. The van der Waals surface area contributed by atoms with Crippen molar-refractivity contribution in [1.29, 1.82) is 0 Å². The Bertz CT molecular complexity index is 1550. The SMILES string of the molecule is COC1(c2cccc(Cc3ccc(C#C[Si](C(C)C)(C(C)C)C(C)C)cc3)c2)O[C@H](COC(=O)O)[C@@H](OC(C)=O)[C@H](OC(C)=O)[C@H]1OC(C)=O.